The molecule has 0 heterocycles. The van der Waals surface area contributed by atoms with Crippen LogP contribution >= 0.6 is 0 Å². The molecule has 2 aromatic rings. The third kappa shape index (κ3) is 3.61. The maximum absolute atomic E-state index is 12.2. The molecule has 0 spiro atoms. The van der Waals surface area contributed by atoms with Gasteiger partial charge in [-0.2, -0.15) is 0 Å². The molecule has 0 saturated carbocycles. The maximum atomic E-state index is 12.2. The van der Waals surface area contributed by atoms with Crippen LogP contribution < -0.4 is 10.5 Å². The standard InChI is InChI=1S/C17H19NO3/c1-17(18,14-8-4-3-5-9-14)16(19)21-12-13-7-6-10-15(11-13)20-2/h3-11H,12,18H2,1-2H3. The molecule has 4 heteroatoms. The summed E-state index contributed by atoms with van der Waals surface area (Å²) in [5, 5.41) is 0. The number of hydrogen-bond donors (Lipinski definition) is 1. The Morgan fingerprint density at radius 2 is 1.86 bits per heavy atom. The van der Waals surface area contributed by atoms with E-state index in [4.69, 9.17) is 15.2 Å². The minimum atomic E-state index is -1.17. The minimum Gasteiger partial charge on any atom is -0.497 e. The van der Waals surface area contributed by atoms with E-state index in [0.29, 0.717) is 0 Å². The first-order valence-electron chi connectivity index (χ1n) is 6.68. The van der Waals surface area contributed by atoms with Crippen LogP contribution in [0.25, 0.3) is 0 Å². The first kappa shape index (κ1) is 15.1. The molecule has 0 aliphatic carbocycles. The van der Waals surface area contributed by atoms with Crippen LogP contribution in [0.5, 0.6) is 5.75 Å². The van der Waals surface area contributed by atoms with E-state index in [1.165, 1.54) is 0 Å². The van der Waals surface area contributed by atoms with Gasteiger partial charge in [-0.05, 0) is 30.2 Å². The summed E-state index contributed by atoms with van der Waals surface area (Å²) in [4.78, 5) is 12.2. The van der Waals surface area contributed by atoms with Gasteiger partial charge in [0.1, 0.15) is 17.9 Å². The van der Waals surface area contributed by atoms with Gasteiger partial charge >= 0.3 is 5.97 Å². The lowest BCUT2D eigenvalue weighted by atomic mass is 9.93. The lowest BCUT2D eigenvalue weighted by molar-refractivity contribution is -0.151. The van der Waals surface area contributed by atoms with Crippen LogP contribution in [0.2, 0.25) is 0 Å². The number of esters is 1. The molecule has 0 bridgehead atoms. The SMILES string of the molecule is COc1cccc(COC(=O)C(C)(N)c2ccccc2)c1. The molecule has 0 radical (unpaired) electrons. The molecule has 4 nitrogen and oxygen atoms in total. The molecule has 2 N–H and O–H groups in total. The van der Waals surface area contributed by atoms with Crippen molar-refractivity contribution in [3.8, 4) is 5.75 Å². The molecule has 2 aromatic carbocycles. The molecule has 0 aromatic heterocycles. The van der Waals surface area contributed by atoms with Gasteiger partial charge in [0, 0.05) is 0 Å². The van der Waals surface area contributed by atoms with Crippen molar-refractivity contribution in [3.05, 3.63) is 65.7 Å². The van der Waals surface area contributed by atoms with E-state index in [9.17, 15) is 4.79 Å². The summed E-state index contributed by atoms with van der Waals surface area (Å²) in [5.41, 5.74) is 6.51. The second-order valence-corrected chi connectivity index (χ2v) is 5.00. The number of carbonyl (C=O) groups excluding carboxylic acids is 1. The molecule has 0 amide bonds. The van der Waals surface area contributed by atoms with Crippen molar-refractivity contribution in [2.45, 2.75) is 19.1 Å². The predicted octanol–water partition coefficient (Wildman–Crippen LogP) is 2.61. The lowest BCUT2D eigenvalue weighted by Gasteiger charge is -2.23. The van der Waals surface area contributed by atoms with Crippen LogP contribution in [-0.2, 0) is 21.7 Å². The van der Waals surface area contributed by atoms with Crippen molar-refractivity contribution < 1.29 is 14.3 Å². The maximum Gasteiger partial charge on any atom is 0.330 e. The van der Waals surface area contributed by atoms with Crippen LogP contribution in [0.4, 0.5) is 0 Å². The van der Waals surface area contributed by atoms with Gasteiger partial charge in [-0.1, -0.05) is 42.5 Å². The number of ether oxygens (including phenoxy) is 2. The van der Waals surface area contributed by atoms with Crippen molar-refractivity contribution >= 4 is 5.97 Å². The number of methoxy groups -OCH3 is 1. The van der Waals surface area contributed by atoms with Crippen molar-refractivity contribution in [2.75, 3.05) is 7.11 Å². The quantitative estimate of drug-likeness (QED) is 0.858. The highest BCUT2D eigenvalue weighted by atomic mass is 16.5. The number of carbonyl (C=O) groups is 1. The van der Waals surface area contributed by atoms with Gasteiger partial charge < -0.3 is 15.2 Å². The molecule has 0 aliphatic heterocycles. The number of hydrogen-bond acceptors (Lipinski definition) is 4. The topological polar surface area (TPSA) is 61.5 Å². The summed E-state index contributed by atoms with van der Waals surface area (Å²) in [6.07, 6.45) is 0. The highest BCUT2D eigenvalue weighted by molar-refractivity contribution is 5.81. The van der Waals surface area contributed by atoms with Crippen molar-refractivity contribution in [2.24, 2.45) is 5.73 Å². The Kier molecular flexibility index (Phi) is 4.60. The van der Waals surface area contributed by atoms with Crippen LogP contribution in [-0.4, -0.2) is 13.1 Å². The third-order valence-corrected chi connectivity index (χ3v) is 3.30. The van der Waals surface area contributed by atoms with Crippen LogP contribution in [0.15, 0.2) is 54.6 Å². The molecule has 110 valence electrons. The van der Waals surface area contributed by atoms with Gasteiger partial charge in [0.05, 0.1) is 7.11 Å². The molecule has 0 saturated heterocycles. The number of rotatable bonds is 5. The van der Waals surface area contributed by atoms with Gasteiger partial charge in [0.2, 0.25) is 0 Å². The molecule has 0 fully saturated rings. The van der Waals surface area contributed by atoms with Gasteiger partial charge in [-0.25, -0.2) is 4.79 Å². The highest BCUT2D eigenvalue weighted by Crippen LogP contribution is 2.20. The Labute approximate surface area is 124 Å². The van der Waals surface area contributed by atoms with Gasteiger partial charge in [0.15, 0.2) is 0 Å². The van der Waals surface area contributed by atoms with Crippen LogP contribution in [0, 0.1) is 0 Å². The Morgan fingerprint density at radius 3 is 2.52 bits per heavy atom. The van der Waals surface area contributed by atoms with E-state index < -0.39 is 11.5 Å². The zero-order chi connectivity index (χ0) is 15.3. The molecule has 0 aliphatic rings. The van der Waals surface area contributed by atoms with E-state index in [2.05, 4.69) is 0 Å². The fraction of sp³-hybridized carbons (Fsp3) is 0.235. The molecule has 21 heavy (non-hydrogen) atoms. The Morgan fingerprint density at radius 1 is 1.14 bits per heavy atom. The molecular formula is C17H19NO3. The van der Waals surface area contributed by atoms with E-state index in [0.717, 1.165) is 16.9 Å². The summed E-state index contributed by atoms with van der Waals surface area (Å²) < 4.78 is 10.5. The average molecular weight is 285 g/mol. The molecule has 1 atom stereocenters. The van der Waals surface area contributed by atoms with E-state index in [1.54, 1.807) is 14.0 Å². The zero-order valence-corrected chi connectivity index (χ0v) is 12.2. The van der Waals surface area contributed by atoms with Gasteiger partial charge in [-0.15, -0.1) is 0 Å². The van der Waals surface area contributed by atoms with E-state index in [-0.39, 0.29) is 6.61 Å². The van der Waals surface area contributed by atoms with Crippen molar-refractivity contribution in [1.82, 2.24) is 0 Å². The number of nitrogens with two attached hydrogens (primary N) is 1. The summed E-state index contributed by atoms with van der Waals surface area (Å²) in [5.74, 6) is 0.263. The smallest absolute Gasteiger partial charge is 0.330 e. The number of benzene rings is 2. The molecule has 2 rings (SSSR count). The predicted molar refractivity (Wildman–Crippen MR) is 80.8 cm³/mol. The van der Waals surface area contributed by atoms with E-state index >= 15 is 0 Å². The average Bonchev–Trinajstić information content (AvgIpc) is 2.53. The monoisotopic (exact) mass is 285 g/mol. The molecule has 1 unspecified atom stereocenters. The fourth-order valence-electron chi connectivity index (χ4n) is 1.96. The lowest BCUT2D eigenvalue weighted by Crippen LogP contribution is -2.43. The van der Waals surface area contributed by atoms with Crippen LogP contribution in [0.3, 0.4) is 0 Å². The summed E-state index contributed by atoms with van der Waals surface area (Å²) in [6.45, 7) is 1.81. The minimum absolute atomic E-state index is 0.162. The Hall–Kier alpha value is -2.33. The normalized spacial score (nSPS) is 13.3. The Bertz CT molecular complexity index is 608. The van der Waals surface area contributed by atoms with Gasteiger partial charge in [-0.3, -0.25) is 0 Å². The summed E-state index contributed by atoms with van der Waals surface area (Å²) >= 11 is 0. The second kappa shape index (κ2) is 6.41. The Balaban J connectivity index is 2.04. The third-order valence-electron chi connectivity index (χ3n) is 3.30. The van der Waals surface area contributed by atoms with Crippen LogP contribution in [0.1, 0.15) is 18.1 Å². The second-order valence-electron chi connectivity index (χ2n) is 5.00. The summed E-state index contributed by atoms with van der Waals surface area (Å²) in [7, 11) is 1.59. The van der Waals surface area contributed by atoms with Crippen molar-refractivity contribution in [1.29, 1.82) is 0 Å². The first-order chi connectivity index (χ1) is 10.0. The van der Waals surface area contributed by atoms with E-state index in [1.807, 2.05) is 54.6 Å². The highest BCUT2D eigenvalue weighted by Gasteiger charge is 2.32. The van der Waals surface area contributed by atoms with Gasteiger partial charge in [0.25, 0.3) is 0 Å². The largest absolute Gasteiger partial charge is 0.497 e. The fourth-order valence-corrected chi connectivity index (χ4v) is 1.96. The summed E-state index contributed by atoms with van der Waals surface area (Å²) in [6, 6.07) is 16.6. The van der Waals surface area contributed by atoms with Crippen molar-refractivity contribution in [3.63, 3.8) is 0 Å². The zero-order valence-electron chi connectivity index (χ0n) is 12.2. The molecular weight excluding hydrogens is 266 g/mol. The first-order valence-corrected chi connectivity index (χ1v) is 6.68.